The van der Waals surface area contributed by atoms with E-state index in [0.717, 1.165) is 17.2 Å². The number of carbonyl (C=O) groups excluding carboxylic acids is 1. The highest BCUT2D eigenvalue weighted by Crippen LogP contribution is 2.43. The Morgan fingerprint density at radius 2 is 1.89 bits per heavy atom. The van der Waals surface area contributed by atoms with Gasteiger partial charge >= 0.3 is 0 Å². The standard InChI is InChI=1S/C24H24N8O.C5H12/c1-13-20-16(12-25)17(26)8-9-18(20)31-21(13)22(23(27)33)30-14(2)15-6-5-11-29-24(15)32-19-7-3-4-10-28-19;1-4-5(2)3/h3-13,25,31H,26H2,1-2H3,(H2,27,33)(H,28,29,32);5H,4H2,1-3H3/b22-21+,25-12?,30-14?;. The van der Waals surface area contributed by atoms with Gasteiger partial charge in [-0.25, -0.2) is 15.0 Å². The Hall–Kier alpha value is -4.53. The molecule has 1 unspecified atom stereocenters. The molecule has 1 aliphatic rings. The molecule has 0 bridgehead atoms. The van der Waals surface area contributed by atoms with E-state index >= 15 is 0 Å². The summed E-state index contributed by atoms with van der Waals surface area (Å²) in [6, 6.07) is 12.7. The zero-order valence-corrected chi connectivity index (χ0v) is 22.5. The van der Waals surface area contributed by atoms with Crippen molar-refractivity contribution in [2.24, 2.45) is 16.6 Å². The zero-order valence-electron chi connectivity index (χ0n) is 22.5. The highest BCUT2D eigenvalue weighted by molar-refractivity contribution is 6.07. The van der Waals surface area contributed by atoms with Crippen molar-refractivity contribution in [3.05, 3.63) is 82.9 Å². The van der Waals surface area contributed by atoms with Gasteiger partial charge in [0, 0.05) is 52.7 Å². The molecule has 9 heteroatoms. The lowest BCUT2D eigenvalue weighted by atomic mass is 9.94. The molecular weight excluding hydrogens is 476 g/mol. The van der Waals surface area contributed by atoms with Crippen LogP contribution in [0.3, 0.4) is 0 Å². The summed E-state index contributed by atoms with van der Waals surface area (Å²) in [5.41, 5.74) is 16.5. The van der Waals surface area contributed by atoms with E-state index < -0.39 is 5.91 Å². The molecule has 1 amide bonds. The first-order chi connectivity index (χ1) is 18.2. The average molecular weight is 513 g/mol. The van der Waals surface area contributed by atoms with Crippen molar-refractivity contribution in [2.45, 2.75) is 47.0 Å². The number of primary amides is 1. The van der Waals surface area contributed by atoms with Gasteiger partial charge in [-0.3, -0.25) is 4.79 Å². The van der Waals surface area contributed by atoms with Crippen LogP contribution in [0.5, 0.6) is 0 Å². The third-order valence-electron chi connectivity index (χ3n) is 6.29. The van der Waals surface area contributed by atoms with Crippen LogP contribution >= 0.6 is 0 Å². The number of anilines is 4. The van der Waals surface area contributed by atoms with Gasteiger partial charge in [0.2, 0.25) is 0 Å². The lowest BCUT2D eigenvalue weighted by Crippen LogP contribution is -2.19. The maximum Gasteiger partial charge on any atom is 0.269 e. The fourth-order valence-electron chi connectivity index (χ4n) is 3.88. The molecule has 3 aromatic rings. The van der Waals surface area contributed by atoms with Crippen molar-refractivity contribution in [1.29, 1.82) is 5.41 Å². The first-order valence-corrected chi connectivity index (χ1v) is 12.6. The smallest absolute Gasteiger partial charge is 0.269 e. The fraction of sp³-hybridized carbons (Fsp3) is 0.276. The fourth-order valence-corrected chi connectivity index (χ4v) is 3.88. The molecule has 198 valence electrons. The number of fused-ring (bicyclic) bond motifs is 1. The molecule has 1 atom stereocenters. The number of allylic oxidation sites excluding steroid dienone is 1. The molecule has 1 aliphatic heterocycles. The number of aliphatic imine (C=N–C) groups is 1. The topological polar surface area (TPSA) is 155 Å². The zero-order chi connectivity index (χ0) is 27.8. The highest BCUT2D eigenvalue weighted by atomic mass is 16.1. The third-order valence-corrected chi connectivity index (χ3v) is 6.29. The van der Waals surface area contributed by atoms with Gasteiger partial charge in [-0.15, -0.1) is 0 Å². The van der Waals surface area contributed by atoms with Crippen LogP contribution in [0.2, 0.25) is 0 Å². The number of benzene rings is 1. The summed E-state index contributed by atoms with van der Waals surface area (Å²) < 4.78 is 0. The average Bonchev–Trinajstić information content (AvgIpc) is 3.24. The second-order valence-corrected chi connectivity index (χ2v) is 9.39. The molecule has 0 aliphatic carbocycles. The lowest BCUT2D eigenvalue weighted by Gasteiger charge is -2.13. The van der Waals surface area contributed by atoms with Crippen LogP contribution in [0.4, 0.5) is 23.0 Å². The van der Waals surface area contributed by atoms with E-state index in [1.54, 1.807) is 31.5 Å². The molecule has 4 rings (SSSR count). The third kappa shape index (κ3) is 6.42. The largest absolute Gasteiger partial charge is 0.398 e. The van der Waals surface area contributed by atoms with Gasteiger partial charge in [-0.2, -0.15) is 0 Å². The van der Waals surface area contributed by atoms with Gasteiger partial charge < -0.3 is 27.5 Å². The van der Waals surface area contributed by atoms with E-state index in [0.29, 0.717) is 39.9 Å². The Balaban J connectivity index is 0.000000732. The summed E-state index contributed by atoms with van der Waals surface area (Å²) in [5, 5.41) is 14.2. The Morgan fingerprint density at radius 3 is 2.50 bits per heavy atom. The van der Waals surface area contributed by atoms with Gasteiger partial charge in [-0.1, -0.05) is 40.2 Å². The normalized spacial score (nSPS) is 15.6. The van der Waals surface area contributed by atoms with Crippen molar-refractivity contribution in [1.82, 2.24) is 9.97 Å². The summed E-state index contributed by atoms with van der Waals surface area (Å²) in [5.74, 6) is 1.16. The maximum absolute atomic E-state index is 12.5. The summed E-state index contributed by atoms with van der Waals surface area (Å²) in [7, 11) is 0. The van der Waals surface area contributed by atoms with Crippen LogP contribution in [0.1, 0.15) is 63.6 Å². The monoisotopic (exact) mass is 512 g/mol. The second-order valence-electron chi connectivity index (χ2n) is 9.39. The van der Waals surface area contributed by atoms with Crippen molar-refractivity contribution >= 4 is 40.8 Å². The molecular formula is C29H36N8O. The van der Waals surface area contributed by atoms with E-state index in [2.05, 4.69) is 46.4 Å². The van der Waals surface area contributed by atoms with Crippen molar-refractivity contribution in [3.8, 4) is 0 Å². The summed E-state index contributed by atoms with van der Waals surface area (Å²) >= 11 is 0. The number of pyridine rings is 2. The van der Waals surface area contributed by atoms with Gasteiger partial charge in [0.05, 0.1) is 5.70 Å². The molecule has 0 saturated heterocycles. The Bertz CT molecular complexity index is 1360. The molecule has 3 heterocycles. The van der Waals surface area contributed by atoms with Crippen LogP contribution in [-0.2, 0) is 4.79 Å². The van der Waals surface area contributed by atoms with Gasteiger partial charge in [0.25, 0.3) is 5.91 Å². The van der Waals surface area contributed by atoms with E-state index in [1.807, 2.05) is 37.3 Å². The number of amides is 1. The summed E-state index contributed by atoms with van der Waals surface area (Å²) in [4.78, 5) is 25.7. The minimum absolute atomic E-state index is 0.110. The van der Waals surface area contributed by atoms with E-state index in [4.69, 9.17) is 16.9 Å². The molecule has 0 fully saturated rings. The number of nitrogen functional groups attached to an aromatic ring is 1. The van der Waals surface area contributed by atoms with Crippen LogP contribution in [0.15, 0.2) is 71.2 Å². The lowest BCUT2D eigenvalue weighted by molar-refractivity contribution is -0.114. The van der Waals surface area contributed by atoms with Crippen LogP contribution in [0, 0.1) is 11.3 Å². The second kappa shape index (κ2) is 12.6. The molecule has 0 saturated carbocycles. The number of carbonyl (C=O) groups is 1. The molecule has 0 radical (unpaired) electrons. The van der Waals surface area contributed by atoms with Crippen molar-refractivity contribution in [3.63, 3.8) is 0 Å². The number of hydrogen-bond acceptors (Lipinski definition) is 8. The Kier molecular flexibility index (Phi) is 9.32. The molecule has 1 aromatic carbocycles. The van der Waals surface area contributed by atoms with Crippen LogP contribution in [0.25, 0.3) is 0 Å². The molecule has 2 aromatic heterocycles. The number of rotatable bonds is 7. The SMILES string of the molecule is CC(=N/C(C(N)=O)=C1/Nc2ccc(N)c(C=N)c2C1C)c1cccnc1Nc1ccccn1.CCC(C)C. The number of nitrogens with two attached hydrogens (primary N) is 2. The maximum atomic E-state index is 12.5. The molecule has 9 nitrogen and oxygen atoms in total. The minimum atomic E-state index is -0.663. The van der Waals surface area contributed by atoms with E-state index in [1.165, 1.54) is 12.6 Å². The first-order valence-electron chi connectivity index (χ1n) is 12.6. The van der Waals surface area contributed by atoms with Gasteiger partial charge in [-0.05, 0) is 54.8 Å². The number of hydrogen-bond donors (Lipinski definition) is 5. The first kappa shape index (κ1) is 28.0. The predicted molar refractivity (Wildman–Crippen MR) is 156 cm³/mol. The number of nitrogens with one attached hydrogen (secondary N) is 3. The van der Waals surface area contributed by atoms with E-state index in [-0.39, 0.29) is 11.6 Å². The van der Waals surface area contributed by atoms with E-state index in [9.17, 15) is 4.79 Å². The van der Waals surface area contributed by atoms with Crippen LogP contribution in [-0.4, -0.2) is 27.8 Å². The number of aromatic nitrogens is 2. The summed E-state index contributed by atoms with van der Waals surface area (Å²) in [6.45, 7) is 10.4. The van der Waals surface area contributed by atoms with Crippen molar-refractivity contribution in [2.75, 3.05) is 16.4 Å². The Labute approximate surface area is 224 Å². The predicted octanol–water partition coefficient (Wildman–Crippen LogP) is 5.59. The summed E-state index contributed by atoms with van der Waals surface area (Å²) in [6.07, 6.45) is 5.87. The minimum Gasteiger partial charge on any atom is -0.398 e. The molecule has 38 heavy (non-hydrogen) atoms. The quantitative estimate of drug-likeness (QED) is 0.158. The Morgan fingerprint density at radius 1 is 1.18 bits per heavy atom. The molecule has 7 N–H and O–H groups in total. The van der Waals surface area contributed by atoms with Gasteiger partial charge in [0.15, 0.2) is 0 Å². The van der Waals surface area contributed by atoms with Gasteiger partial charge in [0.1, 0.15) is 17.3 Å². The highest BCUT2D eigenvalue weighted by Gasteiger charge is 2.31. The molecule has 0 spiro atoms. The van der Waals surface area contributed by atoms with Crippen LogP contribution < -0.4 is 22.1 Å². The van der Waals surface area contributed by atoms with Crippen molar-refractivity contribution < 1.29 is 4.79 Å². The number of nitrogens with zero attached hydrogens (tertiary/aromatic N) is 3.